The molecule has 2 saturated carbocycles. The number of hydrogen-bond donors (Lipinski definition) is 1. The second kappa shape index (κ2) is 9.10. The lowest BCUT2D eigenvalue weighted by Crippen LogP contribution is -2.71. The predicted octanol–water partition coefficient (Wildman–Crippen LogP) is 3.53. The molecule has 8 heteroatoms. The molecule has 8 nitrogen and oxygen atoms in total. The van der Waals surface area contributed by atoms with E-state index in [4.69, 9.17) is 18.9 Å². The van der Waals surface area contributed by atoms with Crippen LogP contribution in [0.2, 0.25) is 0 Å². The van der Waals surface area contributed by atoms with E-state index in [2.05, 4.69) is 0 Å². The summed E-state index contributed by atoms with van der Waals surface area (Å²) in [6, 6.07) is 8.74. The van der Waals surface area contributed by atoms with Crippen molar-refractivity contribution in [3.63, 3.8) is 0 Å². The number of hydrogen-bond acceptors (Lipinski definition) is 8. The summed E-state index contributed by atoms with van der Waals surface area (Å²) < 4.78 is 23.1. The first-order chi connectivity index (χ1) is 17.5. The first-order valence-corrected chi connectivity index (χ1v) is 12.9. The van der Waals surface area contributed by atoms with Gasteiger partial charge in [-0.2, -0.15) is 0 Å². The van der Waals surface area contributed by atoms with Crippen molar-refractivity contribution in [1.82, 2.24) is 0 Å². The van der Waals surface area contributed by atoms with Crippen molar-refractivity contribution in [3.8, 4) is 0 Å². The Morgan fingerprint density at radius 3 is 2.57 bits per heavy atom. The molecule has 0 radical (unpaired) electrons. The smallest absolute Gasteiger partial charge is 0.338 e. The molecule has 37 heavy (non-hydrogen) atoms. The van der Waals surface area contributed by atoms with Gasteiger partial charge in [-0.25, -0.2) is 9.59 Å². The summed E-state index contributed by atoms with van der Waals surface area (Å²) in [7, 11) is 0. The maximum Gasteiger partial charge on any atom is 0.338 e. The Morgan fingerprint density at radius 1 is 1.22 bits per heavy atom. The third-order valence-electron chi connectivity index (χ3n) is 9.18. The van der Waals surface area contributed by atoms with Gasteiger partial charge in [0.05, 0.1) is 23.2 Å². The van der Waals surface area contributed by atoms with Gasteiger partial charge in [0.15, 0.2) is 0 Å². The third-order valence-corrected chi connectivity index (χ3v) is 9.18. The molecule has 4 aliphatic rings. The number of cyclic esters (lactones) is 1. The summed E-state index contributed by atoms with van der Waals surface area (Å²) in [6.07, 6.45) is 6.93. The molecule has 2 heterocycles. The molecule has 5 rings (SSSR count). The molecule has 1 aromatic rings. The number of carbonyl (C=O) groups excluding carboxylic acids is 3. The summed E-state index contributed by atoms with van der Waals surface area (Å²) in [5, 5.41) is 12.0. The summed E-state index contributed by atoms with van der Waals surface area (Å²) >= 11 is 0. The fourth-order valence-corrected chi connectivity index (χ4v) is 6.92. The van der Waals surface area contributed by atoms with E-state index < -0.39 is 40.1 Å². The zero-order valence-corrected chi connectivity index (χ0v) is 21.5. The van der Waals surface area contributed by atoms with Crippen LogP contribution in [0.5, 0.6) is 0 Å². The van der Waals surface area contributed by atoms with Gasteiger partial charge in [-0.1, -0.05) is 43.7 Å². The van der Waals surface area contributed by atoms with Crippen LogP contribution in [0.15, 0.2) is 54.1 Å². The number of ether oxygens (including phenoxy) is 4. The molecular formula is C29H34O8. The Balaban J connectivity index is 1.60. The largest absolute Gasteiger partial charge is 0.465 e. The summed E-state index contributed by atoms with van der Waals surface area (Å²) in [5.41, 5.74) is -2.45. The monoisotopic (exact) mass is 510 g/mol. The minimum absolute atomic E-state index is 0.0174. The maximum absolute atomic E-state index is 13.3. The molecule has 6 atom stereocenters. The van der Waals surface area contributed by atoms with Crippen molar-refractivity contribution in [1.29, 1.82) is 0 Å². The first-order valence-electron chi connectivity index (χ1n) is 12.9. The number of epoxide rings is 1. The summed E-state index contributed by atoms with van der Waals surface area (Å²) in [4.78, 5) is 37.0. The van der Waals surface area contributed by atoms with Gasteiger partial charge in [0.1, 0.15) is 24.9 Å². The van der Waals surface area contributed by atoms with Crippen LogP contribution in [0, 0.1) is 16.7 Å². The van der Waals surface area contributed by atoms with Crippen LogP contribution < -0.4 is 0 Å². The minimum atomic E-state index is -1.28. The topological polar surface area (TPSA) is 112 Å². The summed E-state index contributed by atoms with van der Waals surface area (Å²) in [5.74, 6) is -1.55. The van der Waals surface area contributed by atoms with Gasteiger partial charge in [0, 0.05) is 24.8 Å². The summed E-state index contributed by atoms with van der Waals surface area (Å²) in [6.45, 7) is 5.79. The van der Waals surface area contributed by atoms with Crippen molar-refractivity contribution in [3.05, 3.63) is 59.7 Å². The molecule has 198 valence electrons. The number of carbonyl (C=O) groups is 3. The highest BCUT2D eigenvalue weighted by molar-refractivity contribution is 5.89. The Bertz CT molecular complexity index is 1150. The first kappa shape index (κ1) is 25.7. The van der Waals surface area contributed by atoms with Gasteiger partial charge in [0.2, 0.25) is 0 Å². The van der Waals surface area contributed by atoms with E-state index in [-0.39, 0.29) is 31.5 Å². The highest BCUT2D eigenvalue weighted by Crippen LogP contribution is 2.69. The molecule has 0 amide bonds. The van der Waals surface area contributed by atoms with E-state index >= 15 is 0 Å². The zero-order valence-electron chi connectivity index (χ0n) is 21.5. The Labute approximate surface area is 216 Å². The average Bonchev–Trinajstić information content (AvgIpc) is 3.51. The van der Waals surface area contributed by atoms with E-state index in [0.717, 1.165) is 24.8 Å². The number of fused-ring (bicyclic) bond motifs is 2. The minimum Gasteiger partial charge on any atom is -0.465 e. The van der Waals surface area contributed by atoms with E-state index in [1.54, 1.807) is 31.2 Å². The van der Waals surface area contributed by atoms with Crippen molar-refractivity contribution in [2.45, 2.75) is 63.8 Å². The van der Waals surface area contributed by atoms with E-state index in [1.165, 1.54) is 13.0 Å². The Kier molecular flexibility index (Phi) is 6.31. The molecule has 0 unspecified atom stereocenters. The van der Waals surface area contributed by atoms with Gasteiger partial charge in [-0.05, 0) is 43.4 Å². The molecule has 0 bridgehead atoms. The van der Waals surface area contributed by atoms with Crippen molar-refractivity contribution in [2.75, 3.05) is 19.8 Å². The highest BCUT2D eigenvalue weighted by Gasteiger charge is 2.77. The van der Waals surface area contributed by atoms with Crippen LogP contribution in [0.25, 0.3) is 0 Å². The lowest BCUT2D eigenvalue weighted by atomic mass is 9.42. The van der Waals surface area contributed by atoms with Gasteiger partial charge in [-0.15, -0.1) is 0 Å². The highest BCUT2D eigenvalue weighted by atomic mass is 16.6. The number of benzene rings is 1. The predicted molar refractivity (Wildman–Crippen MR) is 132 cm³/mol. The fourth-order valence-electron chi connectivity index (χ4n) is 6.92. The third kappa shape index (κ3) is 4.20. The molecule has 1 spiro atoms. The maximum atomic E-state index is 13.3. The van der Waals surface area contributed by atoms with E-state index in [0.29, 0.717) is 12.2 Å². The van der Waals surface area contributed by atoms with Gasteiger partial charge in [0.25, 0.3) is 0 Å². The number of aliphatic hydroxyl groups is 1. The average molecular weight is 511 g/mol. The number of esters is 3. The van der Waals surface area contributed by atoms with Gasteiger partial charge in [-0.3, -0.25) is 4.79 Å². The molecular weight excluding hydrogens is 476 g/mol. The van der Waals surface area contributed by atoms with Crippen LogP contribution in [0.1, 0.15) is 56.8 Å². The second-order valence-corrected chi connectivity index (χ2v) is 11.2. The molecule has 3 fully saturated rings. The molecule has 1 aromatic carbocycles. The van der Waals surface area contributed by atoms with E-state index in [9.17, 15) is 19.5 Å². The van der Waals surface area contributed by atoms with Gasteiger partial charge >= 0.3 is 17.9 Å². The molecule has 1 saturated heterocycles. The lowest BCUT2D eigenvalue weighted by molar-refractivity contribution is -0.247. The molecule has 1 N–H and O–H groups in total. The van der Waals surface area contributed by atoms with Crippen LogP contribution in [0.3, 0.4) is 0 Å². The van der Waals surface area contributed by atoms with Crippen LogP contribution in [-0.2, 0) is 28.5 Å². The van der Waals surface area contributed by atoms with Crippen molar-refractivity contribution >= 4 is 17.9 Å². The standard InChI is InChI=1S/C29H34O8/c1-19(30)35-18-29-22(10-7-12-28(29)17-36-28)26(2,13-11-20-14-24(31)34-16-20)27(3,33)15-23(29)37-25(32)21-8-5-4-6-9-21/h4-6,8-9,11,13-14,22-23,33H,7,10,12,15-18H2,1-3H3/t22-,23+,26-,27+,28+,29+/m1/s1. The zero-order chi connectivity index (χ0) is 26.5. The Morgan fingerprint density at radius 2 is 1.95 bits per heavy atom. The number of rotatable bonds is 6. The van der Waals surface area contributed by atoms with Crippen LogP contribution in [-0.4, -0.2) is 60.1 Å². The van der Waals surface area contributed by atoms with Gasteiger partial charge < -0.3 is 24.1 Å². The Hall–Kier alpha value is -2.97. The molecule has 2 aliphatic carbocycles. The SMILES string of the molecule is CC(=O)OC[C@@]12[C@@H](OC(=O)c3ccccc3)C[C@](C)(O)[C@](C)(C=CC3=CC(=O)OC3)[C@H]1CCC[C@]21CO1. The molecule has 2 aliphatic heterocycles. The second-order valence-electron chi connectivity index (χ2n) is 11.2. The quantitative estimate of drug-likeness (QED) is 0.352. The van der Waals surface area contributed by atoms with E-state index in [1.807, 2.05) is 25.1 Å². The van der Waals surface area contributed by atoms with Crippen LogP contribution >= 0.6 is 0 Å². The van der Waals surface area contributed by atoms with Crippen molar-refractivity contribution < 1.29 is 38.4 Å². The fraction of sp³-hybridized carbons (Fsp3) is 0.552. The molecule has 0 aromatic heterocycles. The van der Waals surface area contributed by atoms with Crippen LogP contribution in [0.4, 0.5) is 0 Å². The lowest BCUT2D eigenvalue weighted by Gasteiger charge is -2.64. The normalized spacial score (nSPS) is 38.6. The van der Waals surface area contributed by atoms with Crippen molar-refractivity contribution in [2.24, 2.45) is 16.7 Å².